The van der Waals surface area contributed by atoms with Crippen LogP contribution < -0.4 is 4.74 Å². The van der Waals surface area contributed by atoms with Crippen molar-refractivity contribution in [1.29, 1.82) is 0 Å². The van der Waals surface area contributed by atoms with Crippen molar-refractivity contribution in [3.05, 3.63) is 58.4 Å². The summed E-state index contributed by atoms with van der Waals surface area (Å²) in [6.45, 7) is 9.74. The van der Waals surface area contributed by atoms with E-state index in [0.717, 1.165) is 41.6 Å². The van der Waals surface area contributed by atoms with Crippen LogP contribution in [0.5, 0.6) is 5.75 Å². The summed E-state index contributed by atoms with van der Waals surface area (Å²) in [6.07, 6.45) is -2.74. The molecule has 1 aromatic heterocycles. The predicted octanol–water partition coefficient (Wildman–Crippen LogP) is 4.53. The maximum absolute atomic E-state index is 12.9. The smallest absolute Gasteiger partial charge is 0.417 e. The molecule has 2 aromatic rings. The molecule has 9 heteroatoms. The Morgan fingerprint density at radius 1 is 1.14 bits per heavy atom. The summed E-state index contributed by atoms with van der Waals surface area (Å²) in [4.78, 5) is 20.9. The maximum atomic E-state index is 12.9. The van der Waals surface area contributed by atoms with Gasteiger partial charge in [0, 0.05) is 43.8 Å². The number of amides is 1. The number of aliphatic hydroxyl groups is 1. The number of alkyl halides is 3. The number of nitrogens with zero attached hydrogens (tertiary/aromatic N) is 3. The van der Waals surface area contributed by atoms with Gasteiger partial charge >= 0.3 is 6.18 Å². The van der Waals surface area contributed by atoms with E-state index in [1.165, 1.54) is 5.56 Å². The first kappa shape index (κ1) is 25.4. The summed E-state index contributed by atoms with van der Waals surface area (Å²) in [5.41, 5.74) is 2.64. The Bertz CT molecular complexity index is 1070. The number of piperazine rings is 1. The lowest BCUT2D eigenvalue weighted by atomic mass is 9.96. The van der Waals surface area contributed by atoms with Crippen molar-refractivity contribution in [2.75, 3.05) is 19.7 Å². The van der Waals surface area contributed by atoms with Gasteiger partial charge in [-0.1, -0.05) is 6.07 Å². The van der Waals surface area contributed by atoms with Crippen LogP contribution in [-0.4, -0.2) is 63.7 Å². The van der Waals surface area contributed by atoms with Gasteiger partial charge in [0.25, 0.3) is 5.91 Å². The van der Waals surface area contributed by atoms with Crippen LogP contribution in [0.25, 0.3) is 0 Å². The van der Waals surface area contributed by atoms with Gasteiger partial charge < -0.3 is 14.7 Å². The minimum Gasteiger partial charge on any atom is -0.493 e. The monoisotopic (exact) mass is 491 g/mol. The second kappa shape index (κ2) is 9.78. The van der Waals surface area contributed by atoms with Gasteiger partial charge in [0.2, 0.25) is 0 Å². The molecule has 3 heterocycles. The Morgan fingerprint density at radius 3 is 2.46 bits per heavy atom. The minimum atomic E-state index is -4.48. The van der Waals surface area contributed by atoms with E-state index in [1.807, 2.05) is 13.0 Å². The molecule has 1 amide bonds. The van der Waals surface area contributed by atoms with E-state index in [1.54, 1.807) is 11.8 Å². The lowest BCUT2D eigenvalue weighted by Crippen LogP contribution is -2.49. The minimum absolute atomic E-state index is 0.0172. The van der Waals surface area contributed by atoms with E-state index in [0.29, 0.717) is 26.1 Å². The van der Waals surface area contributed by atoms with Crippen molar-refractivity contribution in [3.8, 4) is 5.75 Å². The summed E-state index contributed by atoms with van der Waals surface area (Å²) < 4.78 is 44.3. The molecule has 0 spiro atoms. The molecule has 2 aliphatic heterocycles. The molecule has 2 bridgehead atoms. The molecule has 35 heavy (non-hydrogen) atoms. The van der Waals surface area contributed by atoms with Gasteiger partial charge in [-0.2, -0.15) is 13.2 Å². The zero-order valence-electron chi connectivity index (χ0n) is 20.5. The number of likely N-dealkylation sites (tertiary alicyclic amines) is 2. The average Bonchev–Trinajstić information content (AvgIpc) is 3.41. The van der Waals surface area contributed by atoms with Crippen LogP contribution in [0.2, 0.25) is 0 Å². The fourth-order valence-corrected chi connectivity index (χ4v) is 5.20. The van der Waals surface area contributed by atoms with E-state index in [9.17, 15) is 23.1 Å². The number of hydrogen-bond donors (Lipinski definition) is 1. The second-order valence-electron chi connectivity index (χ2n) is 9.69. The Kier molecular flexibility index (Phi) is 7.11. The van der Waals surface area contributed by atoms with Crippen molar-refractivity contribution < 1.29 is 27.8 Å². The Labute approximate surface area is 203 Å². The van der Waals surface area contributed by atoms with E-state index in [-0.39, 0.29) is 29.7 Å². The highest BCUT2D eigenvalue weighted by atomic mass is 19.4. The molecule has 4 rings (SSSR count). The van der Waals surface area contributed by atoms with Crippen LogP contribution in [0.1, 0.15) is 65.5 Å². The number of ether oxygens (including phenoxy) is 1. The number of fused-ring (bicyclic) bond motifs is 2. The molecule has 2 fully saturated rings. The van der Waals surface area contributed by atoms with Crippen molar-refractivity contribution in [1.82, 2.24) is 14.8 Å². The summed E-state index contributed by atoms with van der Waals surface area (Å²) >= 11 is 0. The maximum Gasteiger partial charge on any atom is 0.417 e. The Hall–Kier alpha value is -2.65. The third kappa shape index (κ3) is 5.16. The van der Waals surface area contributed by atoms with Crippen molar-refractivity contribution in [2.24, 2.45) is 0 Å². The molecular formula is C26H32F3N3O3. The number of aliphatic hydroxyl groups excluding tert-OH is 1. The van der Waals surface area contributed by atoms with Gasteiger partial charge in [-0.15, -0.1) is 0 Å². The van der Waals surface area contributed by atoms with E-state index < -0.39 is 17.8 Å². The number of benzene rings is 1. The quantitative estimate of drug-likeness (QED) is 0.617. The van der Waals surface area contributed by atoms with E-state index in [2.05, 4.69) is 29.8 Å². The average molecular weight is 492 g/mol. The molecule has 2 aliphatic rings. The first-order valence-electron chi connectivity index (χ1n) is 12.0. The Morgan fingerprint density at radius 2 is 1.89 bits per heavy atom. The summed E-state index contributed by atoms with van der Waals surface area (Å²) in [5.74, 6) is 0.507. The lowest BCUT2D eigenvalue weighted by molar-refractivity contribution is -0.137. The predicted molar refractivity (Wildman–Crippen MR) is 125 cm³/mol. The number of aromatic nitrogens is 1. The Balaban J connectivity index is 1.41. The SMILES string of the molecule is Cc1c(OCC[C@H](C)O)ccc([C@H](C)N2C[C@H]3C[C@@H]2CN3C(=O)c2ccc(C(F)(F)F)cn2)c1C. The van der Waals surface area contributed by atoms with Crippen molar-refractivity contribution in [2.45, 2.75) is 70.9 Å². The topological polar surface area (TPSA) is 65.9 Å². The molecule has 1 N–H and O–H groups in total. The standard InChI is InChI=1S/C26H32F3N3O3/c1-15(33)9-10-35-24-8-6-22(16(2)17(24)3)18(4)31-13-21-11-20(31)14-32(21)25(34)23-7-5-19(12-30-23)26(27,28)29/h5-8,12,15,18,20-21,33H,9-11,13-14H2,1-4H3/t15-,18-,20+,21+/m0/s1. The molecule has 0 saturated carbocycles. The fourth-order valence-electron chi connectivity index (χ4n) is 5.20. The fraction of sp³-hybridized carbons (Fsp3) is 0.538. The zero-order valence-corrected chi connectivity index (χ0v) is 20.5. The largest absolute Gasteiger partial charge is 0.493 e. The highest BCUT2D eigenvalue weighted by molar-refractivity contribution is 5.93. The van der Waals surface area contributed by atoms with Gasteiger partial charge in [-0.3, -0.25) is 14.7 Å². The summed E-state index contributed by atoms with van der Waals surface area (Å²) in [7, 11) is 0. The van der Waals surface area contributed by atoms with E-state index >= 15 is 0 Å². The molecule has 0 unspecified atom stereocenters. The number of halogens is 3. The zero-order chi connectivity index (χ0) is 25.5. The van der Waals surface area contributed by atoms with Crippen LogP contribution in [0.15, 0.2) is 30.5 Å². The lowest BCUT2D eigenvalue weighted by Gasteiger charge is -2.38. The highest BCUT2D eigenvalue weighted by Crippen LogP contribution is 2.39. The third-order valence-electron chi connectivity index (χ3n) is 7.37. The van der Waals surface area contributed by atoms with Gasteiger partial charge in [0.15, 0.2) is 0 Å². The molecule has 4 atom stereocenters. The van der Waals surface area contributed by atoms with Gasteiger partial charge in [-0.25, -0.2) is 0 Å². The van der Waals surface area contributed by atoms with E-state index in [4.69, 9.17) is 4.74 Å². The number of carbonyl (C=O) groups is 1. The molecule has 190 valence electrons. The van der Waals surface area contributed by atoms with Gasteiger partial charge in [0.05, 0.1) is 18.3 Å². The van der Waals surface area contributed by atoms with Crippen LogP contribution >= 0.6 is 0 Å². The normalized spacial score (nSPS) is 21.9. The molecule has 0 aliphatic carbocycles. The second-order valence-corrected chi connectivity index (χ2v) is 9.69. The first-order valence-corrected chi connectivity index (χ1v) is 12.0. The van der Waals surface area contributed by atoms with Crippen LogP contribution in [-0.2, 0) is 6.18 Å². The number of pyridine rings is 1. The molecule has 2 saturated heterocycles. The molecule has 1 aromatic carbocycles. The van der Waals surface area contributed by atoms with Crippen LogP contribution in [0.3, 0.4) is 0 Å². The number of carbonyl (C=O) groups excluding carboxylic acids is 1. The van der Waals surface area contributed by atoms with Gasteiger partial charge in [0.1, 0.15) is 11.4 Å². The van der Waals surface area contributed by atoms with Crippen molar-refractivity contribution in [3.63, 3.8) is 0 Å². The van der Waals surface area contributed by atoms with Crippen LogP contribution in [0.4, 0.5) is 13.2 Å². The highest BCUT2D eigenvalue weighted by Gasteiger charge is 2.47. The first-order chi connectivity index (χ1) is 16.5. The summed E-state index contributed by atoms with van der Waals surface area (Å²) in [5, 5.41) is 9.45. The molecular weight excluding hydrogens is 459 g/mol. The number of hydrogen-bond acceptors (Lipinski definition) is 5. The van der Waals surface area contributed by atoms with Crippen LogP contribution in [0, 0.1) is 13.8 Å². The number of rotatable bonds is 7. The summed E-state index contributed by atoms with van der Waals surface area (Å²) in [6, 6.07) is 6.50. The molecule has 6 nitrogen and oxygen atoms in total. The van der Waals surface area contributed by atoms with Gasteiger partial charge in [-0.05, 0) is 69.0 Å². The third-order valence-corrected chi connectivity index (χ3v) is 7.37. The molecule has 0 radical (unpaired) electrons. The van der Waals surface area contributed by atoms with Crippen molar-refractivity contribution >= 4 is 5.91 Å².